The second kappa shape index (κ2) is 11.1. The molecule has 0 aliphatic heterocycles. The van der Waals surface area contributed by atoms with Crippen LogP contribution in [0.2, 0.25) is 5.02 Å². The van der Waals surface area contributed by atoms with Gasteiger partial charge in [0.2, 0.25) is 11.8 Å². The summed E-state index contributed by atoms with van der Waals surface area (Å²) in [7, 11) is 0. The van der Waals surface area contributed by atoms with Gasteiger partial charge in [-0.2, -0.15) is 0 Å². The maximum atomic E-state index is 13.4. The second-order valence-corrected chi connectivity index (χ2v) is 8.50. The Hall–Kier alpha value is -2.93. The van der Waals surface area contributed by atoms with E-state index >= 15 is 0 Å². The molecule has 0 unspecified atom stereocenters. The summed E-state index contributed by atoms with van der Waals surface area (Å²) >= 11 is 6.34. The number of nitro groups is 1. The Bertz CT molecular complexity index is 975. The highest BCUT2D eigenvalue weighted by molar-refractivity contribution is 6.31. The summed E-state index contributed by atoms with van der Waals surface area (Å²) in [6.45, 7) is 2.01. The number of carbonyl (C=O) groups is 2. The van der Waals surface area contributed by atoms with Crippen LogP contribution in [0, 0.1) is 10.1 Å². The van der Waals surface area contributed by atoms with Gasteiger partial charge in [-0.25, -0.2) is 0 Å². The molecule has 1 aliphatic carbocycles. The molecule has 1 N–H and O–H groups in total. The van der Waals surface area contributed by atoms with Gasteiger partial charge in [0.1, 0.15) is 6.04 Å². The van der Waals surface area contributed by atoms with Crippen LogP contribution in [-0.2, 0) is 22.6 Å². The molecule has 170 valence electrons. The average Bonchev–Trinajstić information content (AvgIpc) is 3.28. The van der Waals surface area contributed by atoms with Gasteiger partial charge in [0.15, 0.2) is 0 Å². The minimum atomic E-state index is -0.692. The summed E-state index contributed by atoms with van der Waals surface area (Å²) in [6, 6.07) is 12.8. The number of hydrogen-bond acceptors (Lipinski definition) is 4. The predicted octanol–water partition coefficient (Wildman–Crippen LogP) is 4.66. The fraction of sp³-hybridized carbons (Fsp3) is 0.417. The Labute approximate surface area is 192 Å². The lowest BCUT2D eigenvalue weighted by Crippen LogP contribution is -2.51. The zero-order valence-electron chi connectivity index (χ0n) is 18.1. The van der Waals surface area contributed by atoms with Gasteiger partial charge >= 0.3 is 0 Å². The number of rotatable bonds is 9. The smallest absolute Gasteiger partial charge is 0.273 e. The van der Waals surface area contributed by atoms with E-state index in [2.05, 4.69) is 5.32 Å². The van der Waals surface area contributed by atoms with E-state index in [0.717, 1.165) is 31.2 Å². The number of halogens is 1. The molecular weight excluding hydrogens is 430 g/mol. The van der Waals surface area contributed by atoms with Gasteiger partial charge in [-0.3, -0.25) is 19.7 Å². The Morgan fingerprint density at radius 2 is 1.75 bits per heavy atom. The van der Waals surface area contributed by atoms with Crippen LogP contribution in [-0.4, -0.2) is 33.7 Å². The van der Waals surface area contributed by atoms with E-state index in [1.165, 1.54) is 11.0 Å². The predicted molar refractivity (Wildman–Crippen MR) is 123 cm³/mol. The summed E-state index contributed by atoms with van der Waals surface area (Å²) in [5.41, 5.74) is 0.928. The molecule has 0 radical (unpaired) electrons. The molecule has 2 aromatic rings. The first-order valence-electron chi connectivity index (χ1n) is 11.0. The van der Waals surface area contributed by atoms with Crippen LogP contribution < -0.4 is 5.32 Å². The van der Waals surface area contributed by atoms with E-state index in [-0.39, 0.29) is 36.5 Å². The third-order valence-electron chi connectivity index (χ3n) is 5.92. The topological polar surface area (TPSA) is 92.6 Å². The van der Waals surface area contributed by atoms with E-state index in [1.807, 2.05) is 19.1 Å². The Morgan fingerprint density at radius 1 is 1.12 bits per heavy atom. The highest BCUT2D eigenvalue weighted by atomic mass is 35.5. The fourth-order valence-electron chi connectivity index (χ4n) is 4.20. The van der Waals surface area contributed by atoms with Gasteiger partial charge < -0.3 is 10.2 Å². The standard InChI is InChI=1S/C24H28ClN3O4/c1-2-21(24(30)26-19-11-5-6-12-19)27(16-18-10-3-7-13-20(18)25)23(29)15-17-9-4-8-14-22(17)28(31)32/h3-4,7-10,13-14,19,21H,2,5-6,11-12,15-16H2,1H3,(H,26,30)/t21-/m1/s1. The molecule has 0 aromatic heterocycles. The number of amides is 2. The molecule has 3 rings (SSSR count). The third kappa shape index (κ3) is 5.85. The molecule has 1 fully saturated rings. The van der Waals surface area contributed by atoms with Crippen LogP contribution in [0.15, 0.2) is 48.5 Å². The summed E-state index contributed by atoms with van der Waals surface area (Å²) in [5, 5.41) is 15.0. The molecule has 1 atom stereocenters. The van der Waals surface area contributed by atoms with Crippen molar-refractivity contribution < 1.29 is 14.5 Å². The van der Waals surface area contributed by atoms with Gasteiger partial charge in [0, 0.05) is 29.2 Å². The van der Waals surface area contributed by atoms with Crippen LogP contribution in [0.25, 0.3) is 0 Å². The van der Waals surface area contributed by atoms with E-state index in [0.29, 0.717) is 17.0 Å². The number of nitrogens with zero attached hydrogens (tertiary/aromatic N) is 2. The zero-order chi connectivity index (χ0) is 23.1. The molecule has 2 aromatic carbocycles. The van der Waals surface area contributed by atoms with Gasteiger partial charge in [0.25, 0.3) is 5.69 Å². The molecule has 0 bridgehead atoms. The van der Waals surface area contributed by atoms with Crippen molar-refractivity contribution in [1.29, 1.82) is 0 Å². The Balaban J connectivity index is 1.88. The van der Waals surface area contributed by atoms with Gasteiger partial charge in [-0.15, -0.1) is 0 Å². The maximum Gasteiger partial charge on any atom is 0.273 e. The van der Waals surface area contributed by atoms with Gasteiger partial charge in [0.05, 0.1) is 11.3 Å². The Morgan fingerprint density at radius 3 is 2.38 bits per heavy atom. The summed E-state index contributed by atoms with van der Waals surface area (Å²) in [6.07, 6.45) is 4.30. The highest BCUT2D eigenvalue weighted by Gasteiger charge is 2.31. The maximum absolute atomic E-state index is 13.4. The fourth-order valence-corrected chi connectivity index (χ4v) is 4.40. The average molecular weight is 458 g/mol. The van der Waals surface area contributed by atoms with E-state index in [1.54, 1.807) is 30.3 Å². The molecule has 8 heteroatoms. The summed E-state index contributed by atoms with van der Waals surface area (Å²) < 4.78 is 0. The Kier molecular flexibility index (Phi) is 8.22. The monoisotopic (exact) mass is 457 g/mol. The second-order valence-electron chi connectivity index (χ2n) is 8.09. The number of nitro benzene ring substituents is 1. The van der Waals surface area contributed by atoms with Crippen molar-refractivity contribution in [3.05, 3.63) is 74.8 Å². The molecular formula is C24H28ClN3O4. The summed E-state index contributed by atoms with van der Waals surface area (Å²) in [4.78, 5) is 39.0. The van der Waals surface area contributed by atoms with Crippen molar-refractivity contribution in [2.24, 2.45) is 0 Å². The number of hydrogen-bond donors (Lipinski definition) is 1. The quantitative estimate of drug-likeness (QED) is 0.438. The van der Waals surface area contributed by atoms with Crippen molar-refractivity contribution in [2.45, 2.75) is 64.1 Å². The number of benzene rings is 2. The van der Waals surface area contributed by atoms with Gasteiger partial charge in [-0.1, -0.05) is 67.8 Å². The molecule has 1 aliphatic rings. The first-order chi connectivity index (χ1) is 15.4. The van der Waals surface area contributed by atoms with Crippen molar-refractivity contribution in [3.8, 4) is 0 Å². The SMILES string of the molecule is CC[C@H](C(=O)NC1CCCC1)N(Cc1ccccc1Cl)C(=O)Cc1ccccc1[N+](=O)[O-]. The van der Waals surface area contributed by atoms with E-state index in [4.69, 9.17) is 11.6 Å². The summed E-state index contributed by atoms with van der Waals surface area (Å²) in [5.74, 6) is -0.546. The van der Waals surface area contributed by atoms with E-state index in [9.17, 15) is 19.7 Å². The molecule has 1 saturated carbocycles. The van der Waals surface area contributed by atoms with E-state index < -0.39 is 11.0 Å². The van der Waals surface area contributed by atoms with Crippen LogP contribution in [0.5, 0.6) is 0 Å². The zero-order valence-corrected chi connectivity index (χ0v) is 18.9. The van der Waals surface area contributed by atoms with Crippen LogP contribution in [0.3, 0.4) is 0 Å². The number of carbonyl (C=O) groups excluding carboxylic acids is 2. The highest BCUT2D eigenvalue weighted by Crippen LogP contribution is 2.24. The van der Waals surface area contributed by atoms with Gasteiger partial charge in [-0.05, 0) is 30.9 Å². The van der Waals surface area contributed by atoms with Crippen molar-refractivity contribution >= 4 is 29.1 Å². The number of para-hydroxylation sites is 1. The molecule has 0 saturated heterocycles. The first-order valence-corrected chi connectivity index (χ1v) is 11.3. The minimum absolute atomic E-state index is 0.109. The van der Waals surface area contributed by atoms with Crippen molar-refractivity contribution in [2.75, 3.05) is 0 Å². The lowest BCUT2D eigenvalue weighted by molar-refractivity contribution is -0.385. The largest absolute Gasteiger partial charge is 0.352 e. The molecule has 0 heterocycles. The van der Waals surface area contributed by atoms with Crippen LogP contribution >= 0.6 is 11.6 Å². The van der Waals surface area contributed by atoms with Crippen LogP contribution in [0.1, 0.15) is 50.2 Å². The molecule has 7 nitrogen and oxygen atoms in total. The van der Waals surface area contributed by atoms with Crippen molar-refractivity contribution in [1.82, 2.24) is 10.2 Å². The van der Waals surface area contributed by atoms with Crippen molar-refractivity contribution in [3.63, 3.8) is 0 Å². The lowest BCUT2D eigenvalue weighted by Gasteiger charge is -2.32. The number of nitrogens with one attached hydrogen (secondary N) is 1. The third-order valence-corrected chi connectivity index (χ3v) is 6.28. The van der Waals surface area contributed by atoms with Crippen LogP contribution in [0.4, 0.5) is 5.69 Å². The lowest BCUT2D eigenvalue weighted by atomic mass is 10.0. The first kappa shape index (κ1) is 23.7. The molecule has 2 amide bonds. The molecule has 32 heavy (non-hydrogen) atoms. The minimum Gasteiger partial charge on any atom is -0.352 e. The molecule has 0 spiro atoms. The normalized spacial score (nSPS) is 14.7.